The zero-order chi connectivity index (χ0) is 13.8. The Labute approximate surface area is 119 Å². The Morgan fingerprint density at radius 2 is 1.53 bits per heavy atom. The van der Waals surface area contributed by atoms with Crippen molar-refractivity contribution >= 4 is 11.8 Å². The number of hydrogen-bond donors (Lipinski definition) is 1. The predicted octanol–water partition coefficient (Wildman–Crippen LogP) is 5.01. The molecule has 1 nitrogen and oxygen atoms in total. The summed E-state index contributed by atoms with van der Waals surface area (Å²) in [6.07, 6.45) is -0.432. The highest BCUT2D eigenvalue weighted by Gasteiger charge is 2.08. The summed E-state index contributed by atoms with van der Waals surface area (Å²) in [6.45, 7) is 6.21. The Morgan fingerprint density at radius 3 is 2.11 bits per heavy atom. The molecule has 0 spiro atoms. The SMILES string of the molecule is CC(C)c1ccc(Sc2ccccc2[C@@H](C)O)cc1. The van der Waals surface area contributed by atoms with Crippen molar-refractivity contribution < 1.29 is 5.11 Å². The van der Waals surface area contributed by atoms with E-state index in [-0.39, 0.29) is 0 Å². The Balaban J connectivity index is 2.21. The van der Waals surface area contributed by atoms with Crippen LogP contribution in [0.5, 0.6) is 0 Å². The van der Waals surface area contributed by atoms with Crippen LogP contribution in [0.15, 0.2) is 58.3 Å². The van der Waals surface area contributed by atoms with Crippen LogP contribution in [0.2, 0.25) is 0 Å². The second kappa shape index (κ2) is 6.27. The molecule has 0 saturated heterocycles. The summed E-state index contributed by atoms with van der Waals surface area (Å²) in [5.41, 5.74) is 2.34. The van der Waals surface area contributed by atoms with Crippen molar-refractivity contribution in [3.05, 3.63) is 59.7 Å². The van der Waals surface area contributed by atoms with E-state index in [1.807, 2.05) is 18.2 Å². The van der Waals surface area contributed by atoms with E-state index < -0.39 is 6.10 Å². The minimum Gasteiger partial charge on any atom is -0.389 e. The van der Waals surface area contributed by atoms with Crippen LogP contribution in [-0.2, 0) is 0 Å². The van der Waals surface area contributed by atoms with Gasteiger partial charge in [-0.2, -0.15) is 0 Å². The molecule has 2 aromatic rings. The number of aliphatic hydroxyl groups excluding tert-OH is 1. The molecule has 0 aromatic heterocycles. The van der Waals surface area contributed by atoms with Gasteiger partial charge in [-0.15, -0.1) is 0 Å². The first-order valence-electron chi connectivity index (χ1n) is 6.62. The van der Waals surface area contributed by atoms with Gasteiger partial charge in [0.25, 0.3) is 0 Å². The average Bonchev–Trinajstić information content (AvgIpc) is 2.39. The Morgan fingerprint density at radius 1 is 0.895 bits per heavy atom. The van der Waals surface area contributed by atoms with Gasteiger partial charge in [-0.05, 0) is 42.2 Å². The van der Waals surface area contributed by atoms with Crippen LogP contribution in [-0.4, -0.2) is 5.11 Å². The van der Waals surface area contributed by atoms with E-state index in [2.05, 4.69) is 44.2 Å². The monoisotopic (exact) mass is 272 g/mol. The molecule has 0 heterocycles. The lowest BCUT2D eigenvalue weighted by molar-refractivity contribution is 0.196. The van der Waals surface area contributed by atoms with Gasteiger partial charge in [-0.25, -0.2) is 0 Å². The van der Waals surface area contributed by atoms with Gasteiger partial charge in [0.1, 0.15) is 0 Å². The van der Waals surface area contributed by atoms with E-state index in [1.54, 1.807) is 18.7 Å². The lowest BCUT2D eigenvalue weighted by Crippen LogP contribution is -1.93. The molecular weight excluding hydrogens is 252 g/mol. The van der Waals surface area contributed by atoms with Crippen LogP contribution in [0.4, 0.5) is 0 Å². The molecule has 0 aliphatic carbocycles. The first kappa shape index (κ1) is 14.2. The molecule has 1 N–H and O–H groups in total. The van der Waals surface area contributed by atoms with Crippen molar-refractivity contribution in [2.75, 3.05) is 0 Å². The number of rotatable bonds is 4. The topological polar surface area (TPSA) is 20.2 Å². The van der Waals surface area contributed by atoms with Gasteiger partial charge in [-0.1, -0.05) is 55.9 Å². The number of hydrogen-bond acceptors (Lipinski definition) is 2. The van der Waals surface area contributed by atoms with Crippen LogP contribution in [0.25, 0.3) is 0 Å². The average molecular weight is 272 g/mol. The maximum atomic E-state index is 9.79. The highest BCUT2D eigenvalue weighted by Crippen LogP contribution is 2.33. The zero-order valence-electron chi connectivity index (χ0n) is 11.6. The highest BCUT2D eigenvalue weighted by atomic mass is 32.2. The molecule has 1 atom stereocenters. The van der Waals surface area contributed by atoms with E-state index in [1.165, 1.54) is 10.5 Å². The van der Waals surface area contributed by atoms with Crippen LogP contribution in [0.1, 0.15) is 43.9 Å². The third-order valence-electron chi connectivity index (χ3n) is 3.14. The Kier molecular flexibility index (Phi) is 4.67. The smallest absolute Gasteiger partial charge is 0.0772 e. The van der Waals surface area contributed by atoms with E-state index in [0.717, 1.165) is 10.5 Å². The molecule has 2 heteroatoms. The summed E-state index contributed by atoms with van der Waals surface area (Å²) in [6, 6.07) is 16.7. The third-order valence-corrected chi connectivity index (χ3v) is 4.24. The van der Waals surface area contributed by atoms with E-state index in [4.69, 9.17) is 0 Å². The molecule has 2 rings (SSSR count). The molecule has 0 radical (unpaired) electrons. The quantitative estimate of drug-likeness (QED) is 0.843. The summed E-state index contributed by atoms with van der Waals surface area (Å²) >= 11 is 1.70. The molecule has 100 valence electrons. The predicted molar refractivity (Wildman–Crippen MR) is 81.7 cm³/mol. The largest absolute Gasteiger partial charge is 0.389 e. The summed E-state index contributed by atoms with van der Waals surface area (Å²) in [7, 11) is 0. The normalized spacial score (nSPS) is 12.7. The molecule has 0 unspecified atom stereocenters. The lowest BCUT2D eigenvalue weighted by atomic mass is 10.0. The van der Waals surface area contributed by atoms with E-state index >= 15 is 0 Å². The fourth-order valence-corrected chi connectivity index (χ4v) is 3.00. The van der Waals surface area contributed by atoms with Crippen molar-refractivity contribution in [3.8, 4) is 0 Å². The second-order valence-electron chi connectivity index (χ2n) is 5.04. The van der Waals surface area contributed by atoms with Crippen LogP contribution < -0.4 is 0 Å². The molecule has 0 aliphatic heterocycles. The van der Waals surface area contributed by atoms with Crippen molar-refractivity contribution in [2.45, 2.75) is 42.6 Å². The van der Waals surface area contributed by atoms with Crippen LogP contribution in [0.3, 0.4) is 0 Å². The van der Waals surface area contributed by atoms with Crippen molar-refractivity contribution in [2.24, 2.45) is 0 Å². The molecule has 0 amide bonds. The Bertz CT molecular complexity index is 529. The van der Waals surface area contributed by atoms with E-state index in [0.29, 0.717) is 5.92 Å². The minimum atomic E-state index is -0.432. The zero-order valence-corrected chi connectivity index (χ0v) is 12.4. The van der Waals surface area contributed by atoms with Crippen LogP contribution in [0, 0.1) is 0 Å². The fourth-order valence-electron chi connectivity index (χ4n) is 1.97. The maximum Gasteiger partial charge on any atom is 0.0772 e. The van der Waals surface area contributed by atoms with E-state index in [9.17, 15) is 5.11 Å². The lowest BCUT2D eigenvalue weighted by Gasteiger charge is -2.12. The molecule has 0 aliphatic rings. The summed E-state index contributed by atoms with van der Waals surface area (Å²) in [5.74, 6) is 0.559. The van der Waals surface area contributed by atoms with Gasteiger partial charge in [0.15, 0.2) is 0 Å². The summed E-state index contributed by atoms with van der Waals surface area (Å²) < 4.78 is 0. The number of aliphatic hydroxyl groups is 1. The summed E-state index contributed by atoms with van der Waals surface area (Å²) in [4.78, 5) is 2.33. The summed E-state index contributed by atoms with van der Waals surface area (Å²) in [5, 5.41) is 9.79. The van der Waals surface area contributed by atoms with Crippen molar-refractivity contribution in [1.82, 2.24) is 0 Å². The minimum absolute atomic E-state index is 0.432. The van der Waals surface area contributed by atoms with Gasteiger partial charge < -0.3 is 5.11 Å². The molecule has 2 aromatic carbocycles. The maximum absolute atomic E-state index is 9.79. The standard InChI is InChI=1S/C17H20OS/c1-12(2)14-8-10-15(11-9-14)19-17-7-5-4-6-16(17)13(3)18/h4-13,18H,1-3H3/t13-/m1/s1. The molecular formula is C17H20OS. The van der Waals surface area contributed by atoms with Crippen LogP contribution >= 0.6 is 11.8 Å². The van der Waals surface area contributed by atoms with Gasteiger partial charge in [0.05, 0.1) is 6.10 Å². The fraction of sp³-hybridized carbons (Fsp3) is 0.294. The first-order valence-corrected chi connectivity index (χ1v) is 7.44. The molecule has 0 saturated carbocycles. The van der Waals surface area contributed by atoms with Gasteiger partial charge in [0.2, 0.25) is 0 Å². The molecule has 19 heavy (non-hydrogen) atoms. The molecule has 0 fully saturated rings. The second-order valence-corrected chi connectivity index (χ2v) is 6.15. The molecule has 0 bridgehead atoms. The van der Waals surface area contributed by atoms with Gasteiger partial charge >= 0.3 is 0 Å². The van der Waals surface area contributed by atoms with Gasteiger partial charge in [0, 0.05) is 9.79 Å². The van der Waals surface area contributed by atoms with Crippen molar-refractivity contribution in [3.63, 3.8) is 0 Å². The number of benzene rings is 2. The third kappa shape index (κ3) is 3.62. The Hall–Kier alpha value is -1.25. The first-order chi connectivity index (χ1) is 9.08. The highest BCUT2D eigenvalue weighted by molar-refractivity contribution is 7.99. The van der Waals surface area contributed by atoms with Crippen molar-refractivity contribution in [1.29, 1.82) is 0 Å². The van der Waals surface area contributed by atoms with Gasteiger partial charge in [-0.3, -0.25) is 0 Å².